The first-order valence-corrected chi connectivity index (χ1v) is 6.59. The summed E-state index contributed by atoms with van der Waals surface area (Å²) in [5.41, 5.74) is 1.68. The number of ether oxygens (including phenoxy) is 1. The minimum Gasteiger partial charge on any atom is -0.494 e. The molecule has 0 bridgehead atoms. The van der Waals surface area contributed by atoms with Gasteiger partial charge in [-0.15, -0.1) is 0 Å². The normalized spacial score (nSPS) is 9.85. The van der Waals surface area contributed by atoms with E-state index in [1.165, 1.54) is 0 Å². The summed E-state index contributed by atoms with van der Waals surface area (Å²) in [5.74, 6) is 0.747. The summed E-state index contributed by atoms with van der Waals surface area (Å²) >= 11 is 0. The van der Waals surface area contributed by atoms with Crippen molar-refractivity contribution in [2.45, 2.75) is 6.92 Å². The van der Waals surface area contributed by atoms with E-state index >= 15 is 0 Å². The Bertz CT molecular complexity index is 538. The summed E-state index contributed by atoms with van der Waals surface area (Å²) in [6.45, 7) is 2.81. The van der Waals surface area contributed by atoms with Gasteiger partial charge in [0.15, 0.2) is 0 Å². The lowest BCUT2D eigenvalue weighted by Crippen LogP contribution is -2.21. The summed E-state index contributed by atoms with van der Waals surface area (Å²) in [5, 5.41) is 5.88. The first-order chi connectivity index (χ1) is 9.78. The van der Waals surface area contributed by atoms with Crippen LogP contribution in [0, 0.1) is 0 Å². The zero-order valence-electron chi connectivity index (χ0n) is 11.4. The van der Waals surface area contributed by atoms with E-state index < -0.39 is 0 Å². The van der Waals surface area contributed by atoms with Crippen LogP contribution in [0.4, 0.5) is 11.4 Å². The van der Waals surface area contributed by atoms with E-state index in [2.05, 4.69) is 10.6 Å². The van der Waals surface area contributed by atoms with Gasteiger partial charge in [-0.05, 0) is 43.3 Å². The van der Waals surface area contributed by atoms with Crippen molar-refractivity contribution >= 4 is 17.3 Å². The molecule has 2 N–H and O–H groups in total. The average molecular weight is 270 g/mol. The van der Waals surface area contributed by atoms with Gasteiger partial charge in [0.05, 0.1) is 13.2 Å². The molecule has 104 valence electrons. The van der Waals surface area contributed by atoms with Crippen LogP contribution in [0.2, 0.25) is 0 Å². The lowest BCUT2D eigenvalue weighted by atomic mass is 10.3. The monoisotopic (exact) mass is 270 g/mol. The molecule has 0 aliphatic heterocycles. The Balaban J connectivity index is 1.81. The Morgan fingerprint density at radius 1 is 1.00 bits per heavy atom. The molecule has 0 aliphatic rings. The van der Waals surface area contributed by atoms with Crippen molar-refractivity contribution in [2.75, 3.05) is 23.8 Å². The van der Waals surface area contributed by atoms with Crippen LogP contribution >= 0.6 is 0 Å². The van der Waals surface area contributed by atoms with E-state index in [1.807, 2.05) is 61.5 Å². The molecule has 0 aromatic heterocycles. The minimum atomic E-state index is -0.0786. The van der Waals surface area contributed by atoms with E-state index in [0.29, 0.717) is 6.61 Å². The van der Waals surface area contributed by atoms with Crippen molar-refractivity contribution in [3.05, 3.63) is 54.6 Å². The summed E-state index contributed by atoms with van der Waals surface area (Å²) in [4.78, 5) is 11.8. The third-order valence-electron chi connectivity index (χ3n) is 2.68. The Morgan fingerprint density at radius 2 is 1.70 bits per heavy atom. The van der Waals surface area contributed by atoms with Crippen LogP contribution in [0.25, 0.3) is 0 Å². The highest BCUT2D eigenvalue weighted by molar-refractivity contribution is 5.93. The number of nitrogens with one attached hydrogen (secondary N) is 2. The van der Waals surface area contributed by atoms with Crippen molar-refractivity contribution in [3.8, 4) is 5.75 Å². The van der Waals surface area contributed by atoms with Crippen molar-refractivity contribution < 1.29 is 9.53 Å². The summed E-state index contributed by atoms with van der Waals surface area (Å²) in [7, 11) is 0. The van der Waals surface area contributed by atoms with Crippen LogP contribution in [-0.4, -0.2) is 19.1 Å². The van der Waals surface area contributed by atoms with Gasteiger partial charge in [0, 0.05) is 11.4 Å². The maximum absolute atomic E-state index is 11.8. The van der Waals surface area contributed by atoms with E-state index in [4.69, 9.17) is 4.74 Å². The fraction of sp³-hybridized carbons (Fsp3) is 0.188. The van der Waals surface area contributed by atoms with Crippen LogP contribution in [0.15, 0.2) is 54.6 Å². The number of hydrogen-bond donors (Lipinski definition) is 2. The zero-order chi connectivity index (χ0) is 14.2. The summed E-state index contributed by atoms with van der Waals surface area (Å²) in [6.07, 6.45) is 0. The van der Waals surface area contributed by atoms with Gasteiger partial charge in [-0.25, -0.2) is 0 Å². The molecule has 2 rings (SSSR count). The molecule has 0 fully saturated rings. The van der Waals surface area contributed by atoms with Gasteiger partial charge in [-0.1, -0.05) is 18.2 Å². The second-order valence-electron chi connectivity index (χ2n) is 4.23. The lowest BCUT2D eigenvalue weighted by Gasteiger charge is -2.08. The average Bonchev–Trinajstić information content (AvgIpc) is 2.48. The quantitative estimate of drug-likeness (QED) is 0.848. The van der Waals surface area contributed by atoms with Crippen molar-refractivity contribution in [1.82, 2.24) is 0 Å². The van der Waals surface area contributed by atoms with E-state index in [1.54, 1.807) is 0 Å². The molecule has 20 heavy (non-hydrogen) atoms. The van der Waals surface area contributed by atoms with Crippen LogP contribution in [-0.2, 0) is 4.79 Å². The number of anilines is 2. The van der Waals surface area contributed by atoms with Crippen molar-refractivity contribution in [2.24, 2.45) is 0 Å². The maximum atomic E-state index is 11.8. The van der Waals surface area contributed by atoms with Gasteiger partial charge in [-0.2, -0.15) is 0 Å². The molecule has 1 amide bonds. The highest BCUT2D eigenvalue weighted by Gasteiger charge is 2.02. The molecule has 0 aliphatic carbocycles. The van der Waals surface area contributed by atoms with Crippen LogP contribution in [0.3, 0.4) is 0 Å². The summed E-state index contributed by atoms with van der Waals surface area (Å²) < 4.78 is 5.36. The largest absolute Gasteiger partial charge is 0.494 e. The molecule has 4 nitrogen and oxygen atoms in total. The fourth-order valence-corrected chi connectivity index (χ4v) is 1.74. The van der Waals surface area contributed by atoms with Gasteiger partial charge in [0.25, 0.3) is 0 Å². The molecule has 0 atom stereocenters. The maximum Gasteiger partial charge on any atom is 0.243 e. The van der Waals surface area contributed by atoms with Crippen LogP contribution < -0.4 is 15.4 Å². The molecule has 2 aromatic carbocycles. The molecule has 0 unspecified atom stereocenters. The van der Waals surface area contributed by atoms with Gasteiger partial charge in [0.2, 0.25) is 5.91 Å². The van der Waals surface area contributed by atoms with Gasteiger partial charge in [0.1, 0.15) is 5.75 Å². The summed E-state index contributed by atoms with van der Waals surface area (Å²) in [6, 6.07) is 16.9. The van der Waals surface area contributed by atoms with Crippen LogP contribution in [0.5, 0.6) is 5.75 Å². The highest BCUT2D eigenvalue weighted by Crippen LogP contribution is 2.15. The standard InChI is InChI=1S/C16H18N2O2/c1-2-20-15-10-8-13(9-11-15)17-12-16(19)18-14-6-4-3-5-7-14/h3-11,17H,2,12H2,1H3,(H,18,19). The van der Waals surface area contributed by atoms with Gasteiger partial charge >= 0.3 is 0 Å². The third-order valence-corrected chi connectivity index (χ3v) is 2.68. The second-order valence-corrected chi connectivity index (χ2v) is 4.23. The van der Waals surface area contributed by atoms with E-state index in [-0.39, 0.29) is 12.5 Å². The SMILES string of the molecule is CCOc1ccc(NCC(=O)Nc2ccccc2)cc1. The first kappa shape index (κ1) is 13.9. The first-order valence-electron chi connectivity index (χ1n) is 6.59. The molecule has 0 radical (unpaired) electrons. The molecule has 0 heterocycles. The van der Waals surface area contributed by atoms with Crippen molar-refractivity contribution in [3.63, 3.8) is 0 Å². The molecule has 0 saturated carbocycles. The minimum absolute atomic E-state index is 0.0786. The Morgan fingerprint density at radius 3 is 2.35 bits per heavy atom. The molecular formula is C16H18N2O2. The molecule has 0 spiro atoms. The lowest BCUT2D eigenvalue weighted by molar-refractivity contribution is -0.114. The Labute approximate surface area is 118 Å². The van der Waals surface area contributed by atoms with Gasteiger partial charge < -0.3 is 15.4 Å². The second kappa shape index (κ2) is 7.19. The highest BCUT2D eigenvalue weighted by atomic mass is 16.5. The fourth-order valence-electron chi connectivity index (χ4n) is 1.74. The molecule has 4 heteroatoms. The number of hydrogen-bond acceptors (Lipinski definition) is 3. The third kappa shape index (κ3) is 4.31. The zero-order valence-corrected chi connectivity index (χ0v) is 11.4. The number of carbonyl (C=O) groups is 1. The van der Waals surface area contributed by atoms with Gasteiger partial charge in [-0.3, -0.25) is 4.79 Å². The number of benzene rings is 2. The number of amides is 1. The Hall–Kier alpha value is -2.49. The van der Waals surface area contributed by atoms with Crippen molar-refractivity contribution in [1.29, 1.82) is 0 Å². The predicted octanol–water partition coefficient (Wildman–Crippen LogP) is 3.14. The predicted molar refractivity (Wildman–Crippen MR) is 81.2 cm³/mol. The number of carbonyl (C=O) groups excluding carboxylic acids is 1. The number of rotatable bonds is 6. The molecular weight excluding hydrogens is 252 g/mol. The molecule has 2 aromatic rings. The smallest absolute Gasteiger partial charge is 0.243 e. The Kier molecular flexibility index (Phi) is 5.00. The van der Waals surface area contributed by atoms with E-state index in [9.17, 15) is 4.79 Å². The van der Waals surface area contributed by atoms with Crippen LogP contribution in [0.1, 0.15) is 6.92 Å². The topological polar surface area (TPSA) is 50.4 Å². The van der Waals surface area contributed by atoms with E-state index in [0.717, 1.165) is 17.1 Å². The number of para-hydroxylation sites is 1. The molecule has 0 saturated heterocycles.